The Balaban J connectivity index is 2.24. The van der Waals surface area contributed by atoms with Crippen LogP contribution < -0.4 is 5.73 Å². The number of hydrogen-bond donors (Lipinski definition) is 2. The number of nitrogens with one attached hydrogen (secondary N) is 1. The molecule has 3 rings (SSSR count). The van der Waals surface area contributed by atoms with Crippen LogP contribution in [-0.2, 0) is 14.6 Å². The summed E-state index contributed by atoms with van der Waals surface area (Å²) in [7, 11) is -4.86. The minimum absolute atomic E-state index is 0.0937. The highest BCUT2D eigenvalue weighted by Gasteiger charge is 2.60. The van der Waals surface area contributed by atoms with Gasteiger partial charge < -0.3 is 5.73 Å². The zero-order valence-electron chi connectivity index (χ0n) is 16.1. The van der Waals surface area contributed by atoms with E-state index in [4.69, 9.17) is 11.1 Å². The first-order valence-corrected chi connectivity index (χ1v) is 12.3. The molecule has 0 bridgehead atoms. The summed E-state index contributed by atoms with van der Waals surface area (Å²) in [4.78, 5) is 12.3. The van der Waals surface area contributed by atoms with Crippen LogP contribution in [0.15, 0.2) is 63.7 Å². The summed E-state index contributed by atoms with van der Waals surface area (Å²) in [6.45, 7) is 0. The Hall–Kier alpha value is -2.37. The Kier molecular flexibility index (Phi) is 6.23. The van der Waals surface area contributed by atoms with Crippen molar-refractivity contribution in [2.45, 2.75) is 26.4 Å². The number of rotatable bonds is 6. The number of alkyl halides is 3. The molecule has 11 heteroatoms. The number of hydrogen-bond acceptors (Lipinski definition) is 6. The van der Waals surface area contributed by atoms with Crippen LogP contribution in [0.1, 0.15) is 16.9 Å². The summed E-state index contributed by atoms with van der Waals surface area (Å²) in [6, 6.07) is 9.37. The summed E-state index contributed by atoms with van der Waals surface area (Å²) in [5.74, 6) is -2.78. The minimum atomic E-state index is -5.38. The van der Waals surface area contributed by atoms with E-state index >= 15 is 0 Å². The van der Waals surface area contributed by atoms with Gasteiger partial charge in [0.25, 0.3) is 5.78 Å². The molecule has 1 heterocycles. The fourth-order valence-corrected chi connectivity index (χ4v) is 7.75. The molecule has 0 amide bonds. The zero-order valence-corrected chi connectivity index (χ0v) is 18.5. The third-order valence-corrected chi connectivity index (χ3v) is 9.68. The highest BCUT2D eigenvalue weighted by Crippen LogP contribution is 2.46. The lowest BCUT2D eigenvalue weighted by atomic mass is 9.86. The van der Waals surface area contributed by atoms with E-state index in [1.165, 1.54) is 12.2 Å². The van der Waals surface area contributed by atoms with E-state index in [2.05, 4.69) is 0 Å². The maximum atomic E-state index is 13.7. The fourth-order valence-electron chi connectivity index (χ4n) is 3.29. The van der Waals surface area contributed by atoms with Crippen LogP contribution in [0.2, 0.25) is 0 Å². The maximum Gasteiger partial charge on any atom is 0.452 e. The number of carbonyl (C=O) groups excluding carboxylic acids is 1. The Labute approximate surface area is 185 Å². The number of amidine groups is 1. The van der Waals surface area contributed by atoms with Crippen LogP contribution in [0.25, 0.3) is 5.57 Å². The Morgan fingerprint density at radius 1 is 1.26 bits per heavy atom. The first-order valence-electron chi connectivity index (χ1n) is 8.76. The second-order valence-electron chi connectivity index (χ2n) is 6.69. The van der Waals surface area contributed by atoms with Crippen molar-refractivity contribution in [3.63, 3.8) is 0 Å². The molecule has 3 N–H and O–H groups in total. The monoisotopic (exact) mass is 486 g/mol. The summed E-state index contributed by atoms with van der Waals surface area (Å²) in [5, 5.41) is 7.56. The molecule has 1 aromatic heterocycles. The van der Waals surface area contributed by atoms with Gasteiger partial charge in [-0.25, -0.2) is 8.42 Å². The standard InChI is InChI=1S/C20H17F3N2O3S3/c1-29-17-15(10-14(30-17)16(24)25)31(27,28)19(18(26)20(21,22)23)9-5-8-13(11-19)12-6-3-2-4-7-12/h2-10H,11H2,1H3,(H3,24,25). The van der Waals surface area contributed by atoms with E-state index in [9.17, 15) is 26.4 Å². The van der Waals surface area contributed by atoms with Gasteiger partial charge in [-0.15, -0.1) is 23.1 Å². The molecule has 0 saturated carbocycles. The molecule has 0 spiro atoms. The zero-order chi connectivity index (χ0) is 23.0. The SMILES string of the molecule is CSc1sc(C(=N)N)cc1S(=O)(=O)C1(C(=O)C(F)(F)F)C=CC=C(c2ccccc2)C1. The summed E-state index contributed by atoms with van der Waals surface area (Å²) in [5.41, 5.74) is 6.26. The van der Waals surface area contributed by atoms with E-state index in [1.807, 2.05) is 0 Å². The number of benzene rings is 1. The van der Waals surface area contributed by atoms with Crippen molar-refractivity contribution in [3.05, 3.63) is 65.1 Å². The molecule has 31 heavy (non-hydrogen) atoms. The second-order valence-corrected chi connectivity index (χ2v) is 11.0. The molecule has 1 aromatic carbocycles. The molecule has 5 nitrogen and oxygen atoms in total. The molecular formula is C20H17F3N2O3S3. The first-order chi connectivity index (χ1) is 14.4. The van der Waals surface area contributed by atoms with E-state index in [0.29, 0.717) is 5.56 Å². The van der Waals surface area contributed by atoms with Crippen molar-refractivity contribution in [3.8, 4) is 0 Å². The number of thiophene rings is 1. The van der Waals surface area contributed by atoms with Gasteiger partial charge in [0.2, 0.25) is 0 Å². The second kappa shape index (κ2) is 8.29. The topological polar surface area (TPSA) is 101 Å². The van der Waals surface area contributed by atoms with Crippen LogP contribution >= 0.6 is 23.1 Å². The lowest BCUT2D eigenvalue weighted by Crippen LogP contribution is -2.51. The van der Waals surface area contributed by atoms with E-state index in [1.54, 1.807) is 36.6 Å². The molecular weight excluding hydrogens is 469 g/mol. The van der Waals surface area contributed by atoms with Crippen LogP contribution in [-0.4, -0.2) is 37.2 Å². The number of thioether (sulfide) groups is 1. The van der Waals surface area contributed by atoms with E-state index in [0.717, 1.165) is 35.2 Å². The molecule has 1 aliphatic rings. The predicted octanol–water partition coefficient (Wildman–Crippen LogP) is 4.44. The van der Waals surface area contributed by atoms with Crippen molar-refractivity contribution in [2.24, 2.45) is 5.73 Å². The van der Waals surface area contributed by atoms with Crippen LogP contribution in [0.3, 0.4) is 0 Å². The number of halogens is 3. The maximum absolute atomic E-state index is 13.7. The van der Waals surface area contributed by atoms with Crippen LogP contribution in [0.4, 0.5) is 13.2 Å². The van der Waals surface area contributed by atoms with E-state index in [-0.39, 0.29) is 14.7 Å². The first kappa shape index (κ1) is 23.3. The highest BCUT2D eigenvalue weighted by atomic mass is 32.2. The molecule has 0 radical (unpaired) electrons. The van der Waals surface area contributed by atoms with Crippen LogP contribution in [0, 0.1) is 5.41 Å². The molecule has 1 atom stereocenters. The largest absolute Gasteiger partial charge is 0.452 e. The lowest BCUT2D eigenvalue weighted by Gasteiger charge is -2.32. The lowest BCUT2D eigenvalue weighted by molar-refractivity contribution is -0.172. The third kappa shape index (κ3) is 4.09. The molecule has 0 aliphatic heterocycles. The van der Waals surface area contributed by atoms with Gasteiger partial charge in [0.15, 0.2) is 14.6 Å². The number of carbonyl (C=O) groups is 1. The smallest absolute Gasteiger partial charge is 0.383 e. The average molecular weight is 487 g/mol. The molecule has 1 aliphatic carbocycles. The van der Waals surface area contributed by atoms with Crippen molar-refractivity contribution in [2.75, 3.05) is 6.26 Å². The van der Waals surface area contributed by atoms with E-state index < -0.39 is 43.7 Å². The predicted molar refractivity (Wildman–Crippen MR) is 116 cm³/mol. The third-order valence-electron chi connectivity index (χ3n) is 4.79. The van der Waals surface area contributed by atoms with Gasteiger partial charge in [-0.1, -0.05) is 48.6 Å². The van der Waals surface area contributed by atoms with Gasteiger partial charge >= 0.3 is 6.18 Å². The summed E-state index contributed by atoms with van der Waals surface area (Å²) >= 11 is 1.87. The number of allylic oxidation sites excluding steroid dienone is 3. The summed E-state index contributed by atoms with van der Waals surface area (Å²) < 4.78 is 65.6. The van der Waals surface area contributed by atoms with Crippen molar-refractivity contribution in [1.29, 1.82) is 5.41 Å². The number of Topliss-reactive ketones (excluding diaryl/α,β-unsaturated/α-hetero) is 1. The minimum Gasteiger partial charge on any atom is -0.383 e. The normalized spacial score (nSPS) is 19.2. The quantitative estimate of drug-likeness (QED) is 0.357. The van der Waals surface area contributed by atoms with Crippen molar-refractivity contribution < 1.29 is 26.4 Å². The fraction of sp³-hybridized carbons (Fsp3) is 0.200. The Morgan fingerprint density at radius 2 is 1.90 bits per heavy atom. The van der Waals surface area contributed by atoms with Crippen molar-refractivity contribution >= 4 is 50.1 Å². The average Bonchev–Trinajstić information content (AvgIpc) is 3.19. The van der Waals surface area contributed by atoms with Gasteiger partial charge in [0.05, 0.1) is 14.0 Å². The van der Waals surface area contributed by atoms with Gasteiger partial charge in [0, 0.05) is 6.42 Å². The molecule has 164 valence electrons. The highest BCUT2D eigenvalue weighted by molar-refractivity contribution is 8.01. The van der Waals surface area contributed by atoms with Gasteiger partial charge in [0.1, 0.15) is 5.84 Å². The Morgan fingerprint density at radius 3 is 2.45 bits per heavy atom. The molecule has 1 unspecified atom stereocenters. The van der Waals surface area contributed by atoms with Crippen LogP contribution in [0.5, 0.6) is 0 Å². The van der Waals surface area contributed by atoms with Gasteiger partial charge in [-0.2, -0.15) is 13.2 Å². The van der Waals surface area contributed by atoms with Gasteiger partial charge in [-0.05, 0) is 23.5 Å². The van der Waals surface area contributed by atoms with Crippen molar-refractivity contribution in [1.82, 2.24) is 0 Å². The molecule has 0 saturated heterocycles. The number of ketones is 1. The molecule has 2 aromatic rings. The summed E-state index contributed by atoms with van der Waals surface area (Å²) in [6.07, 6.45) is -1.03. The van der Waals surface area contributed by atoms with Gasteiger partial charge in [-0.3, -0.25) is 10.2 Å². The molecule has 0 fully saturated rings. The number of nitrogens with two attached hydrogens (primary N) is 1. The Bertz CT molecular complexity index is 1200. The number of sulfone groups is 1. The number of nitrogen functional groups attached to an aromatic ring is 1.